The Bertz CT molecular complexity index is 944. The molecule has 0 saturated heterocycles. The summed E-state index contributed by atoms with van der Waals surface area (Å²) in [6.07, 6.45) is 0.277. The number of hydrogen-bond donors (Lipinski definition) is 1. The number of carbonyl (C=O) groups excluding carboxylic acids is 1. The van der Waals surface area contributed by atoms with Gasteiger partial charge in [0.05, 0.1) is 22.8 Å². The lowest BCUT2D eigenvalue weighted by molar-refractivity contribution is -0.385. The van der Waals surface area contributed by atoms with E-state index < -0.39 is 16.9 Å². The first-order valence-corrected chi connectivity index (χ1v) is 7.91. The Kier molecular flexibility index (Phi) is 4.21. The molecule has 2 aromatic carbocycles. The highest BCUT2D eigenvalue weighted by atomic mass is 16.7. The van der Waals surface area contributed by atoms with Gasteiger partial charge in [-0.1, -0.05) is 12.1 Å². The average molecular weight is 371 g/mol. The summed E-state index contributed by atoms with van der Waals surface area (Å²) in [6, 6.07) is 9.66. The van der Waals surface area contributed by atoms with E-state index in [1.54, 1.807) is 24.3 Å². The molecule has 2 heterocycles. The molecule has 138 valence electrons. The summed E-state index contributed by atoms with van der Waals surface area (Å²) in [5, 5.41) is 15.0. The quantitative estimate of drug-likeness (QED) is 0.492. The third-order valence-electron chi connectivity index (χ3n) is 3.90. The van der Waals surface area contributed by atoms with Gasteiger partial charge < -0.3 is 18.9 Å². The van der Waals surface area contributed by atoms with Crippen molar-refractivity contribution < 1.29 is 28.7 Å². The molecule has 0 saturated carbocycles. The van der Waals surface area contributed by atoms with Crippen LogP contribution in [0.5, 0.6) is 23.0 Å². The van der Waals surface area contributed by atoms with Crippen LogP contribution < -0.4 is 24.4 Å². The number of fused-ring (bicyclic) bond motifs is 2. The zero-order valence-corrected chi connectivity index (χ0v) is 13.8. The Morgan fingerprint density at radius 1 is 1.15 bits per heavy atom. The molecule has 2 aromatic rings. The first-order chi connectivity index (χ1) is 13.1. The highest BCUT2D eigenvalue weighted by Crippen LogP contribution is 2.37. The van der Waals surface area contributed by atoms with Crippen LogP contribution in [0.4, 0.5) is 5.69 Å². The summed E-state index contributed by atoms with van der Waals surface area (Å²) in [4.78, 5) is 22.8. The van der Waals surface area contributed by atoms with E-state index in [1.807, 2.05) is 0 Å². The molecule has 1 atom stereocenters. The van der Waals surface area contributed by atoms with Gasteiger partial charge in [-0.05, 0) is 18.2 Å². The van der Waals surface area contributed by atoms with Crippen molar-refractivity contribution in [2.45, 2.75) is 6.10 Å². The van der Waals surface area contributed by atoms with Gasteiger partial charge >= 0.3 is 0 Å². The number of hydrazone groups is 1. The Morgan fingerprint density at radius 2 is 1.89 bits per heavy atom. The largest absolute Gasteiger partial charge is 0.485 e. The highest BCUT2D eigenvalue weighted by molar-refractivity contribution is 5.89. The molecule has 2 aliphatic heterocycles. The fourth-order valence-corrected chi connectivity index (χ4v) is 2.59. The molecule has 0 fully saturated rings. The van der Waals surface area contributed by atoms with Crippen LogP contribution in [0.2, 0.25) is 0 Å². The SMILES string of the molecule is O=C(N/N=C\c1cc2c(cc1[N+](=O)[O-])OCO2)[C@@H]1COc2ccccc2O1. The van der Waals surface area contributed by atoms with Gasteiger partial charge in [-0.25, -0.2) is 5.43 Å². The number of nitrogens with one attached hydrogen (secondary N) is 1. The van der Waals surface area contributed by atoms with Gasteiger partial charge in [0.1, 0.15) is 6.61 Å². The van der Waals surface area contributed by atoms with Crippen LogP contribution in [0.15, 0.2) is 41.5 Å². The first-order valence-electron chi connectivity index (χ1n) is 7.91. The van der Waals surface area contributed by atoms with Crippen molar-refractivity contribution in [2.24, 2.45) is 5.10 Å². The van der Waals surface area contributed by atoms with Crippen molar-refractivity contribution >= 4 is 17.8 Å². The normalized spacial score (nSPS) is 17.0. The predicted octanol–water partition coefficient (Wildman–Crippen LogP) is 1.61. The van der Waals surface area contributed by atoms with E-state index >= 15 is 0 Å². The first kappa shape index (κ1) is 16.6. The van der Waals surface area contributed by atoms with E-state index in [-0.39, 0.29) is 30.4 Å². The van der Waals surface area contributed by atoms with Crippen LogP contribution in [0.3, 0.4) is 0 Å². The molecule has 0 unspecified atom stereocenters. The van der Waals surface area contributed by atoms with E-state index in [4.69, 9.17) is 18.9 Å². The molecule has 1 amide bonds. The summed E-state index contributed by atoms with van der Waals surface area (Å²) < 4.78 is 21.4. The summed E-state index contributed by atoms with van der Waals surface area (Å²) in [6.45, 7) is 0.0207. The van der Waals surface area contributed by atoms with Gasteiger partial charge in [-0.15, -0.1) is 0 Å². The average Bonchev–Trinajstić information content (AvgIpc) is 3.14. The van der Waals surface area contributed by atoms with Gasteiger partial charge in [-0.2, -0.15) is 5.10 Å². The molecule has 2 aliphatic rings. The minimum absolute atomic E-state index is 0.00961. The maximum absolute atomic E-state index is 12.2. The van der Waals surface area contributed by atoms with Crippen molar-refractivity contribution in [3.8, 4) is 23.0 Å². The maximum Gasteiger partial charge on any atom is 0.284 e. The van der Waals surface area contributed by atoms with Gasteiger partial charge in [-0.3, -0.25) is 14.9 Å². The molecule has 0 aliphatic carbocycles. The van der Waals surface area contributed by atoms with Gasteiger partial charge in [0.2, 0.25) is 12.9 Å². The Morgan fingerprint density at radius 3 is 2.67 bits per heavy atom. The van der Waals surface area contributed by atoms with E-state index in [0.29, 0.717) is 17.2 Å². The maximum atomic E-state index is 12.2. The Balaban J connectivity index is 1.45. The third kappa shape index (κ3) is 3.32. The van der Waals surface area contributed by atoms with Crippen molar-refractivity contribution in [3.63, 3.8) is 0 Å². The lowest BCUT2D eigenvalue weighted by Crippen LogP contribution is -2.42. The van der Waals surface area contributed by atoms with Crippen molar-refractivity contribution in [2.75, 3.05) is 13.4 Å². The van der Waals surface area contributed by atoms with Crippen molar-refractivity contribution in [3.05, 3.63) is 52.1 Å². The standard InChI is InChI=1S/C17H13N3O7/c21-17(16-8-24-12-3-1-2-4-13(12)27-16)19-18-7-10-5-14-15(26-9-25-14)6-11(10)20(22)23/h1-7,16H,8-9H2,(H,19,21)/b18-7-/t16-/m0/s1. The second-order valence-electron chi connectivity index (χ2n) is 5.62. The van der Waals surface area contributed by atoms with Crippen LogP contribution >= 0.6 is 0 Å². The molecule has 0 radical (unpaired) electrons. The van der Waals surface area contributed by atoms with E-state index in [9.17, 15) is 14.9 Å². The molecule has 1 N–H and O–H groups in total. The summed E-state index contributed by atoms with van der Waals surface area (Å²) >= 11 is 0. The number of nitro benzene ring substituents is 1. The van der Waals surface area contributed by atoms with Crippen LogP contribution in [0, 0.1) is 10.1 Å². The number of benzene rings is 2. The summed E-state index contributed by atoms with van der Waals surface area (Å²) in [7, 11) is 0. The van der Waals surface area contributed by atoms with Gasteiger partial charge in [0.25, 0.3) is 11.6 Å². The third-order valence-corrected chi connectivity index (χ3v) is 3.90. The molecule has 0 aromatic heterocycles. The number of hydrogen-bond acceptors (Lipinski definition) is 8. The van der Waals surface area contributed by atoms with E-state index in [0.717, 1.165) is 6.21 Å². The number of carbonyl (C=O) groups is 1. The number of para-hydroxylation sites is 2. The predicted molar refractivity (Wildman–Crippen MR) is 91.3 cm³/mol. The second kappa shape index (κ2) is 6.83. The van der Waals surface area contributed by atoms with Crippen LogP contribution in [-0.2, 0) is 4.79 Å². The fourth-order valence-electron chi connectivity index (χ4n) is 2.59. The molecular weight excluding hydrogens is 358 g/mol. The number of rotatable bonds is 4. The van der Waals surface area contributed by atoms with Crippen LogP contribution in [-0.4, -0.2) is 36.5 Å². The Labute approximate surface area is 152 Å². The van der Waals surface area contributed by atoms with Crippen LogP contribution in [0.1, 0.15) is 5.56 Å². The molecule has 0 spiro atoms. The van der Waals surface area contributed by atoms with Crippen molar-refractivity contribution in [1.82, 2.24) is 5.43 Å². The Hall–Kier alpha value is -3.82. The monoisotopic (exact) mass is 371 g/mol. The minimum Gasteiger partial charge on any atom is -0.485 e. The topological polar surface area (TPSA) is 122 Å². The number of nitro groups is 1. The van der Waals surface area contributed by atoms with Gasteiger partial charge in [0, 0.05) is 0 Å². The second-order valence-corrected chi connectivity index (χ2v) is 5.62. The van der Waals surface area contributed by atoms with E-state index in [2.05, 4.69) is 10.5 Å². The molecule has 10 nitrogen and oxygen atoms in total. The summed E-state index contributed by atoms with van der Waals surface area (Å²) in [5.41, 5.74) is 2.24. The molecular formula is C17H13N3O7. The van der Waals surface area contributed by atoms with Crippen molar-refractivity contribution in [1.29, 1.82) is 0 Å². The zero-order chi connectivity index (χ0) is 18.8. The fraction of sp³-hybridized carbons (Fsp3) is 0.176. The molecule has 10 heteroatoms. The zero-order valence-electron chi connectivity index (χ0n) is 13.8. The minimum atomic E-state index is -0.885. The van der Waals surface area contributed by atoms with E-state index in [1.165, 1.54) is 12.1 Å². The lowest BCUT2D eigenvalue weighted by atomic mass is 10.1. The highest BCUT2D eigenvalue weighted by Gasteiger charge is 2.27. The van der Waals surface area contributed by atoms with Gasteiger partial charge in [0.15, 0.2) is 23.0 Å². The molecule has 27 heavy (non-hydrogen) atoms. The smallest absolute Gasteiger partial charge is 0.284 e. The summed E-state index contributed by atoms with van der Waals surface area (Å²) in [5.74, 6) is 1.13. The molecule has 0 bridgehead atoms. The lowest BCUT2D eigenvalue weighted by Gasteiger charge is -2.24. The van der Waals surface area contributed by atoms with Crippen LogP contribution in [0.25, 0.3) is 0 Å². The molecule has 4 rings (SSSR count). The number of nitrogens with zero attached hydrogens (tertiary/aromatic N) is 2. The number of ether oxygens (including phenoxy) is 4. The number of amides is 1.